The number of pyridine rings is 1. The van der Waals surface area contributed by atoms with Gasteiger partial charge in [-0.05, 0) is 31.9 Å². The van der Waals surface area contributed by atoms with Crippen molar-refractivity contribution < 1.29 is 9.50 Å². The van der Waals surface area contributed by atoms with Crippen molar-refractivity contribution in [3.05, 3.63) is 42.0 Å². The Kier molecular flexibility index (Phi) is 3.76. The molecule has 0 spiro atoms. The minimum atomic E-state index is -0.434. The van der Waals surface area contributed by atoms with Gasteiger partial charge in [-0.25, -0.2) is 19.0 Å². The van der Waals surface area contributed by atoms with Crippen molar-refractivity contribution in [2.75, 3.05) is 0 Å². The third kappa shape index (κ3) is 2.57. The average Bonchev–Trinajstić information content (AvgIpc) is 2.97. The number of benzene rings is 1. The molecule has 0 radical (unpaired) electrons. The van der Waals surface area contributed by atoms with Gasteiger partial charge in [0.05, 0.1) is 12.1 Å². The van der Waals surface area contributed by atoms with E-state index in [9.17, 15) is 9.50 Å². The molecule has 1 aliphatic carbocycles. The maximum Gasteiger partial charge on any atom is 0.177 e. The van der Waals surface area contributed by atoms with E-state index in [1.54, 1.807) is 10.7 Å². The summed E-state index contributed by atoms with van der Waals surface area (Å²) in [7, 11) is 0. The largest absolute Gasteiger partial charge is 0.391 e. The predicted octanol–water partition coefficient (Wildman–Crippen LogP) is 3.42. The minimum Gasteiger partial charge on any atom is -0.391 e. The SMILES string of the molecule is Cc1nc(-c2ccc3cccc(F)c3n2)n([C@@H]2CCCC[C@H]2O)n1. The van der Waals surface area contributed by atoms with Gasteiger partial charge in [0.2, 0.25) is 0 Å². The number of aliphatic hydroxyl groups is 1. The first kappa shape index (κ1) is 15.2. The van der Waals surface area contributed by atoms with Gasteiger partial charge in [-0.1, -0.05) is 31.0 Å². The van der Waals surface area contributed by atoms with Crippen LogP contribution in [0, 0.1) is 12.7 Å². The number of rotatable bonds is 2. The number of halogens is 1. The van der Waals surface area contributed by atoms with E-state index in [1.165, 1.54) is 6.07 Å². The maximum absolute atomic E-state index is 14.1. The van der Waals surface area contributed by atoms with Crippen LogP contribution in [0.3, 0.4) is 0 Å². The Morgan fingerprint density at radius 2 is 1.96 bits per heavy atom. The fourth-order valence-electron chi connectivity index (χ4n) is 3.45. The lowest BCUT2D eigenvalue weighted by Crippen LogP contribution is -2.29. The van der Waals surface area contributed by atoms with Crippen molar-refractivity contribution in [2.45, 2.75) is 44.8 Å². The average molecular weight is 326 g/mol. The Morgan fingerprint density at radius 1 is 1.12 bits per heavy atom. The molecule has 1 fully saturated rings. The first-order chi connectivity index (χ1) is 11.6. The first-order valence-corrected chi connectivity index (χ1v) is 8.30. The maximum atomic E-state index is 14.1. The summed E-state index contributed by atoms with van der Waals surface area (Å²) in [6.45, 7) is 1.82. The second kappa shape index (κ2) is 5.94. The van der Waals surface area contributed by atoms with Gasteiger partial charge in [-0.2, -0.15) is 5.10 Å². The lowest BCUT2D eigenvalue weighted by molar-refractivity contribution is 0.0700. The Morgan fingerprint density at radius 3 is 2.79 bits per heavy atom. The molecule has 5 nitrogen and oxygen atoms in total. The van der Waals surface area contributed by atoms with Crippen molar-refractivity contribution in [3.8, 4) is 11.5 Å². The van der Waals surface area contributed by atoms with E-state index in [2.05, 4.69) is 15.1 Å². The molecule has 24 heavy (non-hydrogen) atoms. The summed E-state index contributed by atoms with van der Waals surface area (Å²) >= 11 is 0. The molecular formula is C18H19FN4O. The molecular weight excluding hydrogens is 307 g/mol. The summed E-state index contributed by atoms with van der Waals surface area (Å²) in [5, 5.41) is 15.6. The highest BCUT2D eigenvalue weighted by Gasteiger charge is 2.28. The fraction of sp³-hybridized carbons (Fsp3) is 0.389. The van der Waals surface area contributed by atoms with Gasteiger partial charge in [-0.15, -0.1) is 0 Å². The normalized spacial score (nSPS) is 21.3. The van der Waals surface area contributed by atoms with Gasteiger partial charge in [0.25, 0.3) is 0 Å². The van der Waals surface area contributed by atoms with Crippen molar-refractivity contribution in [2.24, 2.45) is 0 Å². The molecule has 6 heteroatoms. The zero-order valence-electron chi connectivity index (χ0n) is 13.5. The summed E-state index contributed by atoms with van der Waals surface area (Å²) in [6.07, 6.45) is 3.28. The van der Waals surface area contributed by atoms with Crippen LogP contribution in [0.25, 0.3) is 22.4 Å². The number of nitrogens with zero attached hydrogens (tertiary/aromatic N) is 4. The lowest BCUT2D eigenvalue weighted by atomic mass is 9.92. The van der Waals surface area contributed by atoms with Gasteiger partial charge >= 0.3 is 0 Å². The van der Waals surface area contributed by atoms with E-state index < -0.39 is 6.10 Å². The smallest absolute Gasteiger partial charge is 0.177 e. The zero-order valence-corrected chi connectivity index (χ0v) is 13.5. The van der Waals surface area contributed by atoms with Crippen molar-refractivity contribution in [1.82, 2.24) is 19.7 Å². The minimum absolute atomic E-state index is 0.104. The summed E-state index contributed by atoms with van der Waals surface area (Å²) in [4.78, 5) is 8.94. The van der Waals surface area contributed by atoms with Crippen LogP contribution in [0.2, 0.25) is 0 Å². The molecule has 1 N–H and O–H groups in total. The highest BCUT2D eigenvalue weighted by atomic mass is 19.1. The Hall–Kier alpha value is -2.34. The summed E-state index contributed by atoms with van der Waals surface area (Å²) in [5.41, 5.74) is 0.900. The van der Waals surface area contributed by atoms with Crippen LogP contribution in [0.15, 0.2) is 30.3 Å². The Labute approximate surface area is 139 Å². The van der Waals surface area contributed by atoms with E-state index in [-0.39, 0.29) is 11.9 Å². The number of hydrogen-bond acceptors (Lipinski definition) is 4. The number of aromatic nitrogens is 4. The van der Waals surface area contributed by atoms with Crippen LogP contribution < -0.4 is 0 Å². The molecule has 1 aliphatic rings. The van der Waals surface area contributed by atoms with E-state index >= 15 is 0 Å². The second-order valence-electron chi connectivity index (χ2n) is 6.35. The number of aliphatic hydroxyl groups excluding tert-OH is 1. The van der Waals surface area contributed by atoms with E-state index in [0.717, 1.165) is 31.1 Å². The Balaban J connectivity index is 1.83. The lowest BCUT2D eigenvalue weighted by Gasteiger charge is -2.28. The molecule has 4 rings (SSSR count). The zero-order chi connectivity index (χ0) is 16.7. The summed E-state index contributed by atoms with van der Waals surface area (Å²) in [5.74, 6) is 0.858. The Bertz CT molecular complexity index is 892. The van der Waals surface area contributed by atoms with Crippen LogP contribution in [-0.4, -0.2) is 31.0 Å². The molecule has 1 saturated carbocycles. The van der Waals surface area contributed by atoms with Gasteiger partial charge < -0.3 is 5.11 Å². The number of aryl methyl sites for hydroxylation is 1. The van der Waals surface area contributed by atoms with E-state index in [0.29, 0.717) is 22.9 Å². The molecule has 0 bridgehead atoms. The molecule has 1 aromatic carbocycles. The first-order valence-electron chi connectivity index (χ1n) is 8.30. The molecule has 0 unspecified atom stereocenters. The van der Waals surface area contributed by atoms with E-state index in [4.69, 9.17) is 0 Å². The van der Waals surface area contributed by atoms with Crippen LogP contribution in [0.1, 0.15) is 37.5 Å². The third-order valence-electron chi connectivity index (χ3n) is 4.65. The standard InChI is InChI=1S/C18H19FN4O/c1-11-20-18(23(22-11)15-7-2-3-8-16(15)24)14-10-9-12-5-4-6-13(19)17(12)21-14/h4-6,9-10,15-16,24H,2-3,7-8H2,1H3/t15-,16-/m1/s1. The summed E-state index contributed by atoms with van der Waals surface area (Å²) in [6, 6.07) is 8.47. The number of hydrogen-bond donors (Lipinski definition) is 1. The summed E-state index contributed by atoms with van der Waals surface area (Å²) < 4.78 is 15.8. The molecule has 124 valence electrons. The van der Waals surface area contributed by atoms with Crippen molar-refractivity contribution in [3.63, 3.8) is 0 Å². The molecule has 2 aromatic heterocycles. The highest BCUT2D eigenvalue weighted by Crippen LogP contribution is 2.32. The number of fused-ring (bicyclic) bond motifs is 1. The predicted molar refractivity (Wildman–Crippen MR) is 89.0 cm³/mol. The second-order valence-corrected chi connectivity index (χ2v) is 6.35. The topological polar surface area (TPSA) is 63.8 Å². The molecule has 0 aliphatic heterocycles. The molecule has 2 atom stereocenters. The number of para-hydroxylation sites is 1. The van der Waals surface area contributed by atoms with Crippen LogP contribution in [-0.2, 0) is 0 Å². The van der Waals surface area contributed by atoms with Crippen molar-refractivity contribution >= 4 is 10.9 Å². The van der Waals surface area contributed by atoms with Crippen LogP contribution >= 0.6 is 0 Å². The molecule has 3 aromatic rings. The van der Waals surface area contributed by atoms with Gasteiger partial charge in [0.15, 0.2) is 5.82 Å². The third-order valence-corrected chi connectivity index (χ3v) is 4.65. The van der Waals surface area contributed by atoms with Gasteiger partial charge in [-0.3, -0.25) is 0 Å². The van der Waals surface area contributed by atoms with Crippen LogP contribution in [0.4, 0.5) is 4.39 Å². The quantitative estimate of drug-likeness (QED) is 0.784. The highest BCUT2D eigenvalue weighted by molar-refractivity contribution is 5.81. The molecule has 2 heterocycles. The van der Waals surface area contributed by atoms with E-state index in [1.807, 2.05) is 25.1 Å². The van der Waals surface area contributed by atoms with Gasteiger partial charge in [0, 0.05) is 5.39 Å². The molecule has 0 saturated heterocycles. The monoisotopic (exact) mass is 326 g/mol. The van der Waals surface area contributed by atoms with Gasteiger partial charge in [0.1, 0.15) is 22.9 Å². The van der Waals surface area contributed by atoms with Crippen molar-refractivity contribution in [1.29, 1.82) is 0 Å². The van der Waals surface area contributed by atoms with Crippen LogP contribution in [0.5, 0.6) is 0 Å². The fourth-order valence-corrected chi connectivity index (χ4v) is 3.45. The molecule has 0 amide bonds.